The van der Waals surface area contributed by atoms with Crippen molar-refractivity contribution in [2.75, 3.05) is 5.32 Å². The molecule has 5 rings (SSSR count). The molecule has 0 aliphatic carbocycles. The number of aryl methyl sites for hydroxylation is 1. The molecule has 0 aliphatic heterocycles. The normalized spacial score (nSPS) is 11.2. The number of anilines is 1. The van der Waals surface area contributed by atoms with Gasteiger partial charge in [0.05, 0.1) is 32.4 Å². The Kier molecular flexibility index (Phi) is 5.40. The van der Waals surface area contributed by atoms with Gasteiger partial charge >= 0.3 is 0 Å². The SMILES string of the molecule is Cc1oc2c(NC(=O)c3c(Cl)cccc3Cl)cccc2c1Cc1n[nH]c(=O)c2ccccc12. The minimum atomic E-state index is -0.429. The van der Waals surface area contributed by atoms with Crippen LogP contribution in [0.2, 0.25) is 10.0 Å². The predicted molar refractivity (Wildman–Crippen MR) is 131 cm³/mol. The molecule has 5 aromatic rings. The number of H-pyrrole nitrogens is 1. The Balaban J connectivity index is 1.56. The highest BCUT2D eigenvalue weighted by Gasteiger charge is 2.20. The second-order valence-electron chi connectivity index (χ2n) is 7.59. The first kappa shape index (κ1) is 21.2. The quantitative estimate of drug-likeness (QED) is 0.326. The Morgan fingerprint density at radius 1 is 0.970 bits per heavy atom. The van der Waals surface area contributed by atoms with Gasteiger partial charge in [-0.1, -0.05) is 59.6 Å². The zero-order valence-corrected chi connectivity index (χ0v) is 18.9. The number of halogens is 2. The van der Waals surface area contributed by atoms with Crippen LogP contribution < -0.4 is 10.9 Å². The van der Waals surface area contributed by atoms with E-state index in [1.807, 2.05) is 37.3 Å². The molecule has 0 bridgehead atoms. The van der Waals surface area contributed by atoms with E-state index in [1.54, 1.807) is 30.3 Å². The van der Waals surface area contributed by atoms with Gasteiger partial charge in [-0.05, 0) is 31.2 Å². The molecular weight excluding hydrogens is 461 g/mol. The van der Waals surface area contributed by atoms with E-state index >= 15 is 0 Å². The van der Waals surface area contributed by atoms with Gasteiger partial charge in [-0.2, -0.15) is 5.10 Å². The number of rotatable bonds is 4. The molecule has 0 atom stereocenters. The summed E-state index contributed by atoms with van der Waals surface area (Å²) in [7, 11) is 0. The molecule has 0 saturated carbocycles. The summed E-state index contributed by atoms with van der Waals surface area (Å²) in [6, 6.07) is 17.8. The first-order chi connectivity index (χ1) is 15.9. The topological polar surface area (TPSA) is 88.0 Å². The molecule has 3 aromatic carbocycles. The molecule has 164 valence electrons. The molecule has 0 spiro atoms. The summed E-state index contributed by atoms with van der Waals surface area (Å²) < 4.78 is 6.06. The molecule has 0 fully saturated rings. The number of furan rings is 1. The lowest BCUT2D eigenvalue weighted by Crippen LogP contribution is -2.13. The van der Waals surface area contributed by atoms with E-state index in [0.29, 0.717) is 28.8 Å². The highest BCUT2D eigenvalue weighted by molar-refractivity contribution is 6.40. The van der Waals surface area contributed by atoms with Crippen molar-refractivity contribution in [2.45, 2.75) is 13.3 Å². The number of fused-ring (bicyclic) bond motifs is 2. The van der Waals surface area contributed by atoms with Crippen molar-refractivity contribution in [3.05, 3.63) is 104 Å². The summed E-state index contributed by atoms with van der Waals surface area (Å²) >= 11 is 12.4. The lowest BCUT2D eigenvalue weighted by Gasteiger charge is -2.09. The molecule has 33 heavy (non-hydrogen) atoms. The lowest BCUT2D eigenvalue weighted by molar-refractivity contribution is 0.102. The second-order valence-corrected chi connectivity index (χ2v) is 8.41. The van der Waals surface area contributed by atoms with Crippen LogP contribution in [-0.2, 0) is 6.42 Å². The fourth-order valence-electron chi connectivity index (χ4n) is 3.98. The van der Waals surface area contributed by atoms with Crippen LogP contribution in [0, 0.1) is 6.92 Å². The van der Waals surface area contributed by atoms with Crippen LogP contribution in [0.3, 0.4) is 0 Å². The third kappa shape index (κ3) is 3.77. The lowest BCUT2D eigenvalue weighted by atomic mass is 10.0. The van der Waals surface area contributed by atoms with Gasteiger partial charge in [0.1, 0.15) is 5.76 Å². The number of hydrogen-bond donors (Lipinski definition) is 2. The van der Waals surface area contributed by atoms with Gasteiger partial charge in [0.15, 0.2) is 5.58 Å². The Hall–Kier alpha value is -3.61. The number of hydrogen-bond acceptors (Lipinski definition) is 4. The minimum absolute atomic E-state index is 0.199. The molecule has 1 amide bonds. The summed E-state index contributed by atoms with van der Waals surface area (Å²) in [5.41, 5.74) is 2.66. The summed E-state index contributed by atoms with van der Waals surface area (Å²) in [5, 5.41) is 12.4. The van der Waals surface area contributed by atoms with Crippen molar-refractivity contribution < 1.29 is 9.21 Å². The smallest absolute Gasteiger partial charge is 0.272 e. The number of nitrogens with one attached hydrogen (secondary N) is 2. The van der Waals surface area contributed by atoms with E-state index in [1.165, 1.54) is 0 Å². The number of aromatic amines is 1. The van der Waals surface area contributed by atoms with E-state index < -0.39 is 5.91 Å². The third-order valence-corrected chi connectivity index (χ3v) is 6.21. The number of carbonyl (C=O) groups is 1. The van der Waals surface area contributed by atoms with E-state index in [4.69, 9.17) is 27.6 Å². The van der Waals surface area contributed by atoms with Gasteiger partial charge in [-0.15, -0.1) is 0 Å². The maximum Gasteiger partial charge on any atom is 0.272 e. The fraction of sp³-hybridized carbons (Fsp3) is 0.0800. The van der Waals surface area contributed by atoms with Crippen molar-refractivity contribution in [3.8, 4) is 0 Å². The predicted octanol–water partition coefficient (Wildman–Crippen LogP) is 6.13. The number of para-hydroxylation sites is 1. The van der Waals surface area contributed by atoms with Crippen molar-refractivity contribution >= 4 is 56.5 Å². The molecule has 0 aliphatic rings. The zero-order valence-electron chi connectivity index (χ0n) is 17.4. The molecule has 2 aromatic heterocycles. The maximum atomic E-state index is 12.9. The summed E-state index contributed by atoms with van der Waals surface area (Å²) in [6.07, 6.45) is 0.448. The Labute approximate surface area is 198 Å². The van der Waals surface area contributed by atoms with E-state index in [-0.39, 0.29) is 21.2 Å². The molecule has 2 N–H and O–H groups in total. The van der Waals surface area contributed by atoms with Crippen LogP contribution in [0.1, 0.15) is 27.4 Å². The fourth-order valence-corrected chi connectivity index (χ4v) is 4.55. The molecular formula is C25H17Cl2N3O3. The Morgan fingerprint density at radius 3 is 2.39 bits per heavy atom. The van der Waals surface area contributed by atoms with Crippen LogP contribution in [0.25, 0.3) is 21.7 Å². The van der Waals surface area contributed by atoms with Crippen LogP contribution in [0.15, 0.2) is 69.9 Å². The summed E-state index contributed by atoms with van der Waals surface area (Å²) in [5.74, 6) is 0.265. The van der Waals surface area contributed by atoms with Crippen molar-refractivity contribution in [1.82, 2.24) is 10.2 Å². The van der Waals surface area contributed by atoms with Crippen LogP contribution in [0.5, 0.6) is 0 Å². The van der Waals surface area contributed by atoms with Crippen molar-refractivity contribution in [2.24, 2.45) is 0 Å². The van der Waals surface area contributed by atoms with Gasteiger partial charge in [0, 0.05) is 22.8 Å². The molecule has 0 unspecified atom stereocenters. The first-order valence-electron chi connectivity index (χ1n) is 10.2. The van der Waals surface area contributed by atoms with Crippen molar-refractivity contribution in [1.29, 1.82) is 0 Å². The van der Waals surface area contributed by atoms with Gasteiger partial charge in [0.2, 0.25) is 0 Å². The summed E-state index contributed by atoms with van der Waals surface area (Å²) in [4.78, 5) is 25.0. The molecule has 0 saturated heterocycles. The van der Waals surface area contributed by atoms with Gasteiger partial charge in [0.25, 0.3) is 11.5 Å². The van der Waals surface area contributed by atoms with Crippen LogP contribution in [-0.4, -0.2) is 16.1 Å². The number of amides is 1. The highest BCUT2D eigenvalue weighted by Crippen LogP contribution is 2.34. The number of aromatic nitrogens is 2. The average Bonchev–Trinajstić information content (AvgIpc) is 3.12. The average molecular weight is 478 g/mol. The van der Waals surface area contributed by atoms with E-state index in [0.717, 1.165) is 22.0 Å². The van der Waals surface area contributed by atoms with E-state index in [2.05, 4.69) is 15.5 Å². The Bertz CT molecular complexity index is 1580. The van der Waals surface area contributed by atoms with Crippen LogP contribution >= 0.6 is 23.2 Å². The molecule has 2 heterocycles. The minimum Gasteiger partial charge on any atom is -0.459 e. The highest BCUT2D eigenvalue weighted by atomic mass is 35.5. The summed E-state index contributed by atoms with van der Waals surface area (Å²) in [6.45, 7) is 1.86. The second kappa shape index (κ2) is 8.39. The zero-order chi connectivity index (χ0) is 23.1. The first-order valence-corrected chi connectivity index (χ1v) is 10.9. The van der Waals surface area contributed by atoms with E-state index in [9.17, 15) is 9.59 Å². The largest absolute Gasteiger partial charge is 0.459 e. The Morgan fingerprint density at radius 2 is 1.64 bits per heavy atom. The van der Waals surface area contributed by atoms with Crippen LogP contribution in [0.4, 0.5) is 5.69 Å². The van der Waals surface area contributed by atoms with Gasteiger partial charge < -0.3 is 9.73 Å². The molecule has 0 radical (unpaired) electrons. The maximum absolute atomic E-state index is 12.9. The molecule has 6 nitrogen and oxygen atoms in total. The number of nitrogens with zero attached hydrogens (tertiary/aromatic N) is 1. The monoisotopic (exact) mass is 477 g/mol. The standard InChI is InChI=1S/C25H17Cl2N3O3/c1-13-17(12-21-14-6-2-3-7-16(14)24(31)30-29-21)15-8-4-11-20(23(15)33-13)28-25(32)22-18(26)9-5-10-19(22)27/h2-11H,12H2,1H3,(H,28,32)(H,30,31). The number of benzene rings is 3. The number of carbonyl (C=O) groups excluding carboxylic acids is 1. The van der Waals surface area contributed by atoms with Gasteiger partial charge in [-0.3, -0.25) is 9.59 Å². The van der Waals surface area contributed by atoms with Crippen molar-refractivity contribution in [3.63, 3.8) is 0 Å². The third-order valence-electron chi connectivity index (χ3n) is 5.58. The molecule has 8 heteroatoms. The van der Waals surface area contributed by atoms with Gasteiger partial charge in [-0.25, -0.2) is 5.10 Å².